The van der Waals surface area contributed by atoms with E-state index in [9.17, 15) is 5.11 Å². The summed E-state index contributed by atoms with van der Waals surface area (Å²) in [6, 6.07) is 0. The van der Waals surface area contributed by atoms with Gasteiger partial charge in [-0.3, -0.25) is 5.11 Å². The van der Waals surface area contributed by atoms with Crippen molar-refractivity contribution in [1.82, 2.24) is 5.32 Å². The molecule has 47 valence electrons. The van der Waals surface area contributed by atoms with E-state index in [1.165, 1.54) is 0 Å². The van der Waals surface area contributed by atoms with Gasteiger partial charge >= 0.3 is 5.17 Å². The highest BCUT2D eigenvalue weighted by molar-refractivity contribution is 7.79. The minimum atomic E-state index is -0.349. The highest BCUT2D eigenvalue weighted by atomic mass is 32.1. The smallest absolute Gasteiger partial charge is 0.310 e. The van der Waals surface area contributed by atoms with Crippen molar-refractivity contribution in [3.63, 3.8) is 0 Å². The molecule has 0 saturated heterocycles. The van der Waals surface area contributed by atoms with Crippen molar-refractivity contribution < 1.29 is 5.11 Å². The van der Waals surface area contributed by atoms with Crippen molar-refractivity contribution in [2.24, 2.45) is 0 Å². The van der Waals surface area contributed by atoms with Gasteiger partial charge in [-0.05, 0) is 18.6 Å². The van der Waals surface area contributed by atoms with Crippen LogP contribution in [0.2, 0.25) is 0 Å². The second kappa shape index (κ2) is 4.84. The van der Waals surface area contributed by atoms with E-state index in [4.69, 9.17) is 0 Å². The summed E-state index contributed by atoms with van der Waals surface area (Å²) >= 11 is 4.24. The lowest BCUT2D eigenvalue weighted by atomic mass is 10.3. The summed E-state index contributed by atoms with van der Waals surface area (Å²) in [5, 5.41) is 12.2. The van der Waals surface area contributed by atoms with Gasteiger partial charge in [0, 0.05) is 6.54 Å². The largest absolute Gasteiger partial charge is 0.343 e. The van der Waals surface area contributed by atoms with Crippen LogP contribution >= 0.6 is 12.2 Å². The summed E-state index contributed by atoms with van der Waals surface area (Å²) < 4.78 is 0. The van der Waals surface area contributed by atoms with Crippen molar-refractivity contribution in [2.75, 3.05) is 6.54 Å². The lowest BCUT2D eigenvalue weighted by Gasteiger charge is -1.95. The average molecular weight is 132 g/mol. The fourth-order valence-electron chi connectivity index (χ4n) is 0.367. The van der Waals surface area contributed by atoms with Gasteiger partial charge in [-0.25, -0.2) is 0 Å². The van der Waals surface area contributed by atoms with Gasteiger partial charge < -0.3 is 5.32 Å². The first-order chi connectivity index (χ1) is 3.77. The molecular formula is C5H10NOS. The van der Waals surface area contributed by atoms with Crippen molar-refractivity contribution >= 4 is 17.4 Å². The lowest BCUT2D eigenvalue weighted by molar-refractivity contribution is 0.414. The molecule has 0 aliphatic heterocycles. The first-order valence-electron chi connectivity index (χ1n) is 2.72. The minimum Gasteiger partial charge on any atom is -0.343 e. The molecule has 1 N–H and O–H groups in total. The van der Waals surface area contributed by atoms with Crippen LogP contribution in [-0.2, 0) is 5.11 Å². The molecule has 0 aromatic carbocycles. The van der Waals surface area contributed by atoms with E-state index in [2.05, 4.69) is 24.5 Å². The molecule has 0 atom stereocenters. The van der Waals surface area contributed by atoms with Crippen LogP contribution in [0.1, 0.15) is 19.8 Å². The van der Waals surface area contributed by atoms with Gasteiger partial charge in [0.05, 0.1) is 0 Å². The Balaban J connectivity index is 2.82. The number of rotatable bonds is 3. The molecule has 0 heterocycles. The van der Waals surface area contributed by atoms with Crippen molar-refractivity contribution in [3.05, 3.63) is 0 Å². The molecule has 0 aliphatic carbocycles. The first-order valence-corrected chi connectivity index (χ1v) is 3.13. The molecule has 0 aliphatic rings. The predicted molar refractivity (Wildman–Crippen MR) is 36.2 cm³/mol. The zero-order valence-corrected chi connectivity index (χ0v) is 5.75. The van der Waals surface area contributed by atoms with Gasteiger partial charge in [0.25, 0.3) is 0 Å². The van der Waals surface area contributed by atoms with Gasteiger partial charge in [-0.2, -0.15) is 0 Å². The van der Waals surface area contributed by atoms with Gasteiger partial charge in [0.15, 0.2) is 0 Å². The number of unbranched alkanes of at least 4 members (excludes halogenated alkanes) is 1. The third-order valence-corrected chi connectivity index (χ3v) is 0.944. The van der Waals surface area contributed by atoms with E-state index in [0.29, 0.717) is 0 Å². The van der Waals surface area contributed by atoms with E-state index in [-0.39, 0.29) is 5.17 Å². The molecule has 0 fully saturated rings. The molecule has 0 spiro atoms. The molecule has 0 unspecified atom stereocenters. The lowest BCUT2D eigenvalue weighted by Crippen LogP contribution is -2.20. The normalized spacial score (nSPS) is 8.62. The molecule has 0 aromatic rings. The molecule has 0 amide bonds. The molecule has 3 heteroatoms. The number of thiocarbonyl (C=S) groups is 1. The van der Waals surface area contributed by atoms with E-state index in [1.807, 2.05) is 0 Å². The van der Waals surface area contributed by atoms with Crippen LogP contribution in [0.5, 0.6) is 0 Å². The molecule has 0 bridgehead atoms. The Labute approximate surface area is 54.9 Å². The Morgan fingerprint density at radius 3 is 2.75 bits per heavy atom. The van der Waals surface area contributed by atoms with Crippen LogP contribution in [0.4, 0.5) is 0 Å². The Bertz CT molecular complexity index is 74.8. The molecule has 8 heavy (non-hydrogen) atoms. The molecule has 1 radical (unpaired) electrons. The fourth-order valence-corrected chi connectivity index (χ4v) is 0.469. The summed E-state index contributed by atoms with van der Waals surface area (Å²) in [6.07, 6.45) is 2.11. The fraction of sp³-hybridized carbons (Fsp3) is 0.800. The number of nitrogens with one attached hydrogen (secondary N) is 1. The highest BCUT2D eigenvalue weighted by Gasteiger charge is 1.87. The molecular weight excluding hydrogens is 122 g/mol. The van der Waals surface area contributed by atoms with Gasteiger partial charge in [-0.15, -0.1) is 0 Å². The summed E-state index contributed by atoms with van der Waals surface area (Å²) in [7, 11) is 0. The van der Waals surface area contributed by atoms with E-state index in [1.54, 1.807) is 0 Å². The molecule has 2 nitrogen and oxygen atoms in total. The maximum Gasteiger partial charge on any atom is 0.310 e. The minimum absolute atomic E-state index is 0.349. The SMILES string of the molecule is CCCCNC([O])=S. The van der Waals surface area contributed by atoms with Crippen molar-refractivity contribution in [3.8, 4) is 0 Å². The van der Waals surface area contributed by atoms with E-state index < -0.39 is 0 Å². The van der Waals surface area contributed by atoms with Gasteiger partial charge in [0.2, 0.25) is 0 Å². The van der Waals surface area contributed by atoms with Crippen LogP contribution in [-0.4, -0.2) is 11.7 Å². The Morgan fingerprint density at radius 2 is 2.38 bits per heavy atom. The summed E-state index contributed by atoms with van der Waals surface area (Å²) in [5.41, 5.74) is 0. The highest BCUT2D eigenvalue weighted by Crippen LogP contribution is 1.81. The van der Waals surface area contributed by atoms with E-state index in [0.717, 1.165) is 19.4 Å². The van der Waals surface area contributed by atoms with Crippen LogP contribution in [0, 0.1) is 0 Å². The van der Waals surface area contributed by atoms with Crippen LogP contribution in [0.25, 0.3) is 0 Å². The quantitative estimate of drug-likeness (QED) is 0.460. The third-order valence-electron chi connectivity index (χ3n) is 0.800. The van der Waals surface area contributed by atoms with Crippen LogP contribution < -0.4 is 5.32 Å². The maximum absolute atomic E-state index is 10.0. The number of hydrogen-bond donors (Lipinski definition) is 1. The van der Waals surface area contributed by atoms with Crippen LogP contribution in [0.3, 0.4) is 0 Å². The van der Waals surface area contributed by atoms with Gasteiger partial charge in [0.1, 0.15) is 0 Å². The van der Waals surface area contributed by atoms with Crippen molar-refractivity contribution in [2.45, 2.75) is 19.8 Å². The topological polar surface area (TPSA) is 31.9 Å². The second-order valence-electron chi connectivity index (χ2n) is 1.57. The average Bonchev–Trinajstić information content (AvgIpc) is 1.66. The predicted octanol–water partition coefficient (Wildman–Crippen LogP) is 1.09. The Hall–Kier alpha value is -0.310. The monoisotopic (exact) mass is 132 g/mol. The summed E-state index contributed by atoms with van der Waals surface area (Å²) in [4.78, 5) is 0. The molecule has 0 aromatic heterocycles. The zero-order valence-electron chi connectivity index (χ0n) is 4.94. The van der Waals surface area contributed by atoms with E-state index >= 15 is 0 Å². The number of hydrogen-bond acceptors (Lipinski definition) is 1. The maximum atomic E-state index is 10.0. The standard InChI is InChI=1S/C5H10NOS/c1-2-3-4-6-5(7)8/h2-4H2,1H3,(H,6,8). The summed E-state index contributed by atoms with van der Waals surface area (Å²) in [6.45, 7) is 2.79. The zero-order chi connectivity index (χ0) is 6.41. The summed E-state index contributed by atoms with van der Waals surface area (Å²) in [5.74, 6) is 0. The Morgan fingerprint density at radius 1 is 1.75 bits per heavy atom. The Kier molecular flexibility index (Phi) is 4.65. The first kappa shape index (κ1) is 7.69. The second-order valence-corrected chi connectivity index (χ2v) is 1.94. The van der Waals surface area contributed by atoms with Crippen LogP contribution in [0.15, 0.2) is 0 Å². The van der Waals surface area contributed by atoms with Crippen molar-refractivity contribution in [1.29, 1.82) is 0 Å². The third kappa shape index (κ3) is 5.69. The van der Waals surface area contributed by atoms with Gasteiger partial charge in [-0.1, -0.05) is 13.3 Å². The molecule has 0 saturated carbocycles. The molecule has 0 rings (SSSR count).